The van der Waals surface area contributed by atoms with Gasteiger partial charge in [-0.05, 0) is 55.7 Å². The summed E-state index contributed by atoms with van der Waals surface area (Å²) < 4.78 is 40.3. The van der Waals surface area contributed by atoms with E-state index in [0.29, 0.717) is 5.56 Å². The van der Waals surface area contributed by atoms with Crippen molar-refractivity contribution in [1.82, 2.24) is 0 Å². The molecule has 1 aliphatic carbocycles. The Morgan fingerprint density at radius 3 is 2.42 bits per heavy atom. The number of halogens is 2. The summed E-state index contributed by atoms with van der Waals surface area (Å²) in [6.45, 7) is 4.11. The van der Waals surface area contributed by atoms with Gasteiger partial charge in [-0.2, -0.15) is 0 Å². The van der Waals surface area contributed by atoms with Crippen LogP contribution in [0.5, 0.6) is 0 Å². The molecule has 1 unspecified atom stereocenters. The fourth-order valence-electron chi connectivity index (χ4n) is 3.63. The first kappa shape index (κ1) is 22.9. The van der Waals surface area contributed by atoms with Gasteiger partial charge < -0.3 is 9.47 Å². The zero-order valence-corrected chi connectivity index (χ0v) is 18.0. The normalized spacial score (nSPS) is 18.3. The lowest BCUT2D eigenvalue weighted by atomic mass is 9.94. The summed E-state index contributed by atoms with van der Waals surface area (Å²) in [6.07, 6.45) is 6.97. The summed E-state index contributed by atoms with van der Waals surface area (Å²) in [4.78, 5) is 12.7. The third-order valence-electron chi connectivity index (χ3n) is 5.27. The second-order valence-corrected chi connectivity index (χ2v) is 7.60. The summed E-state index contributed by atoms with van der Waals surface area (Å²) >= 11 is 0. The number of allylic oxidation sites excluding steroid dienone is 2. The van der Waals surface area contributed by atoms with Gasteiger partial charge in [0.05, 0.1) is 12.0 Å². The summed E-state index contributed by atoms with van der Waals surface area (Å²) in [6, 6.07) is 13.2. The van der Waals surface area contributed by atoms with Crippen LogP contribution >= 0.6 is 0 Å². The molecule has 0 amide bonds. The number of rotatable bonds is 9. The van der Waals surface area contributed by atoms with Crippen molar-refractivity contribution in [2.24, 2.45) is 0 Å². The van der Waals surface area contributed by atoms with Crippen LogP contribution < -0.4 is 0 Å². The van der Waals surface area contributed by atoms with E-state index >= 15 is 0 Å². The fraction of sp³-hybridized carbons (Fsp3) is 0.346. The van der Waals surface area contributed by atoms with Gasteiger partial charge in [0, 0.05) is 17.7 Å². The van der Waals surface area contributed by atoms with Crippen LogP contribution in [-0.4, -0.2) is 18.4 Å². The number of aryl methyl sites for hydroxylation is 1. The zero-order chi connectivity index (χ0) is 22.3. The van der Waals surface area contributed by atoms with Gasteiger partial charge in [-0.15, -0.1) is 0 Å². The first-order valence-electron chi connectivity index (χ1n) is 10.8. The molecule has 1 atom stereocenters. The quantitative estimate of drug-likeness (QED) is 0.252. The van der Waals surface area contributed by atoms with E-state index in [0.717, 1.165) is 24.8 Å². The third kappa shape index (κ3) is 5.67. The van der Waals surface area contributed by atoms with Crippen LogP contribution in [0.25, 0.3) is 5.57 Å². The molecule has 0 N–H and O–H groups in total. The topological polar surface area (TPSA) is 35.5 Å². The Balaban J connectivity index is 1.75. The molecule has 3 nitrogen and oxygen atoms in total. The molecule has 0 radical (unpaired) electrons. The summed E-state index contributed by atoms with van der Waals surface area (Å²) in [5.41, 5.74) is 1.81. The maximum absolute atomic E-state index is 15.0. The first-order chi connectivity index (χ1) is 15.0. The predicted octanol–water partition coefficient (Wildman–Crippen LogP) is 6.79. The molecule has 5 heteroatoms. The molecule has 2 aromatic carbocycles. The average Bonchev–Trinajstić information content (AvgIpc) is 2.75. The number of benzene rings is 2. The minimum atomic E-state index is -1.57. The SMILES string of the molecule is CCCCCc1ccc(C(=O)OC2(OCC)C=CC(c3ccccc3F)=C(F)C2)cc1. The molecule has 0 aromatic heterocycles. The van der Waals surface area contributed by atoms with E-state index in [9.17, 15) is 13.6 Å². The van der Waals surface area contributed by atoms with Crippen LogP contribution in [0, 0.1) is 5.82 Å². The summed E-state index contributed by atoms with van der Waals surface area (Å²) in [7, 11) is 0. The van der Waals surface area contributed by atoms with Crippen molar-refractivity contribution in [1.29, 1.82) is 0 Å². The highest BCUT2D eigenvalue weighted by Crippen LogP contribution is 2.37. The number of unbranched alkanes of at least 4 members (excludes halogenated alkanes) is 2. The van der Waals surface area contributed by atoms with Crippen LogP contribution in [0.1, 0.15) is 61.0 Å². The predicted molar refractivity (Wildman–Crippen MR) is 118 cm³/mol. The van der Waals surface area contributed by atoms with E-state index in [-0.39, 0.29) is 24.2 Å². The Kier molecular flexibility index (Phi) is 7.75. The van der Waals surface area contributed by atoms with E-state index < -0.39 is 23.4 Å². The van der Waals surface area contributed by atoms with Gasteiger partial charge >= 0.3 is 5.97 Å². The van der Waals surface area contributed by atoms with E-state index in [1.165, 1.54) is 30.7 Å². The Bertz CT molecular complexity index is 963. The van der Waals surface area contributed by atoms with Gasteiger partial charge in [0.1, 0.15) is 11.6 Å². The number of ether oxygens (including phenoxy) is 2. The molecule has 0 heterocycles. The molecular formula is C26H28F2O3. The molecule has 0 fully saturated rings. The van der Waals surface area contributed by atoms with E-state index in [2.05, 4.69) is 6.92 Å². The van der Waals surface area contributed by atoms with Crippen molar-refractivity contribution in [2.75, 3.05) is 6.61 Å². The number of hydrogen-bond donors (Lipinski definition) is 0. The van der Waals surface area contributed by atoms with Crippen molar-refractivity contribution in [2.45, 2.75) is 51.7 Å². The van der Waals surface area contributed by atoms with Crippen LogP contribution in [-0.2, 0) is 15.9 Å². The Morgan fingerprint density at radius 2 is 1.77 bits per heavy atom. The van der Waals surface area contributed by atoms with Crippen molar-refractivity contribution in [3.8, 4) is 0 Å². The molecular weight excluding hydrogens is 398 g/mol. The smallest absolute Gasteiger partial charge is 0.340 e. The van der Waals surface area contributed by atoms with Gasteiger partial charge in [-0.1, -0.05) is 50.1 Å². The lowest BCUT2D eigenvalue weighted by Crippen LogP contribution is -2.38. The highest BCUT2D eigenvalue weighted by atomic mass is 19.1. The molecule has 0 saturated carbocycles. The minimum Gasteiger partial charge on any atom is -0.425 e. The minimum absolute atomic E-state index is 0.126. The van der Waals surface area contributed by atoms with Crippen LogP contribution in [0.4, 0.5) is 8.78 Å². The fourth-order valence-corrected chi connectivity index (χ4v) is 3.63. The van der Waals surface area contributed by atoms with Crippen LogP contribution in [0.15, 0.2) is 66.5 Å². The van der Waals surface area contributed by atoms with E-state index in [1.807, 2.05) is 12.1 Å². The Labute approximate surface area is 182 Å². The van der Waals surface area contributed by atoms with Gasteiger partial charge in [0.2, 0.25) is 5.79 Å². The van der Waals surface area contributed by atoms with Crippen LogP contribution in [0.3, 0.4) is 0 Å². The highest BCUT2D eigenvalue weighted by molar-refractivity contribution is 5.90. The summed E-state index contributed by atoms with van der Waals surface area (Å²) in [5, 5.41) is 0. The van der Waals surface area contributed by atoms with Gasteiger partial charge in [-0.3, -0.25) is 0 Å². The second-order valence-electron chi connectivity index (χ2n) is 7.60. The third-order valence-corrected chi connectivity index (χ3v) is 5.27. The molecule has 3 rings (SSSR count). The summed E-state index contributed by atoms with van der Waals surface area (Å²) in [5.74, 6) is -3.28. The number of carbonyl (C=O) groups excluding carboxylic acids is 1. The molecule has 2 aromatic rings. The van der Waals surface area contributed by atoms with Crippen molar-refractivity contribution in [3.05, 3.63) is 89.0 Å². The maximum Gasteiger partial charge on any atom is 0.340 e. The monoisotopic (exact) mass is 426 g/mol. The molecule has 31 heavy (non-hydrogen) atoms. The molecule has 0 bridgehead atoms. The largest absolute Gasteiger partial charge is 0.425 e. The molecule has 1 aliphatic rings. The first-order valence-corrected chi connectivity index (χ1v) is 10.8. The van der Waals surface area contributed by atoms with Gasteiger partial charge in [0.25, 0.3) is 0 Å². The van der Waals surface area contributed by atoms with E-state index in [1.54, 1.807) is 31.2 Å². The van der Waals surface area contributed by atoms with Gasteiger partial charge in [-0.25, -0.2) is 13.6 Å². The molecule has 0 saturated heterocycles. The molecule has 164 valence electrons. The van der Waals surface area contributed by atoms with E-state index in [4.69, 9.17) is 9.47 Å². The molecule has 0 aliphatic heterocycles. The second kappa shape index (κ2) is 10.5. The number of hydrogen-bond acceptors (Lipinski definition) is 3. The molecule has 0 spiro atoms. The van der Waals surface area contributed by atoms with Crippen molar-refractivity contribution >= 4 is 11.5 Å². The van der Waals surface area contributed by atoms with Crippen LogP contribution in [0.2, 0.25) is 0 Å². The standard InChI is InChI=1S/C26H28F2O3/c1-3-5-6-9-19-12-14-20(15-13-19)25(29)31-26(30-4-2)17-16-22(24(28)18-26)21-10-7-8-11-23(21)27/h7-8,10-17H,3-6,9,18H2,1-2H3. The number of esters is 1. The Morgan fingerprint density at radius 1 is 1.03 bits per heavy atom. The Hall–Kier alpha value is -2.79. The highest BCUT2D eigenvalue weighted by Gasteiger charge is 2.38. The zero-order valence-electron chi connectivity index (χ0n) is 18.0. The van der Waals surface area contributed by atoms with Crippen molar-refractivity contribution in [3.63, 3.8) is 0 Å². The van der Waals surface area contributed by atoms with Crippen molar-refractivity contribution < 1.29 is 23.0 Å². The van der Waals surface area contributed by atoms with Gasteiger partial charge in [0.15, 0.2) is 0 Å². The average molecular weight is 427 g/mol. The maximum atomic E-state index is 15.0. The lowest BCUT2D eigenvalue weighted by molar-refractivity contribution is -0.168. The lowest BCUT2D eigenvalue weighted by Gasteiger charge is -2.32. The number of carbonyl (C=O) groups is 1.